The van der Waals surface area contributed by atoms with Gasteiger partial charge in [-0.15, -0.1) is 0 Å². The van der Waals surface area contributed by atoms with Gasteiger partial charge in [-0.2, -0.15) is 0 Å². The van der Waals surface area contributed by atoms with Crippen molar-refractivity contribution in [3.05, 3.63) is 35.6 Å². The molecule has 1 amide bonds. The van der Waals surface area contributed by atoms with Gasteiger partial charge < -0.3 is 15.4 Å². The number of nitrogens with zero attached hydrogens (tertiary/aromatic N) is 1. The molecule has 4 rings (SSSR count). The molecule has 25 heavy (non-hydrogen) atoms. The molecule has 1 aromatic rings. The van der Waals surface area contributed by atoms with E-state index in [1.807, 2.05) is 6.07 Å². The van der Waals surface area contributed by atoms with Crippen molar-refractivity contribution < 1.29 is 13.9 Å². The number of benzene rings is 1. The fourth-order valence-electron chi connectivity index (χ4n) is 4.50. The summed E-state index contributed by atoms with van der Waals surface area (Å²) in [4.78, 5) is 15.2. The maximum absolute atomic E-state index is 13.7. The average molecular weight is 347 g/mol. The lowest BCUT2D eigenvalue weighted by Gasteiger charge is -2.36. The number of nitrogens with one attached hydrogen (secondary N) is 2. The number of carbonyl (C=O) groups is 1. The van der Waals surface area contributed by atoms with E-state index in [1.54, 1.807) is 6.07 Å². The van der Waals surface area contributed by atoms with Crippen LogP contribution in [0.25, 0.3) is 0 Å². The van der Waals surface area contributed by atoms with Gasteiger partial charge in [-0.25, -0.2) is 4.39 Å². The van der Waals surface area contributed by atoms with Crippen LogP contribution in [0.4, 0.5) is 4.39 Å². The lowest BCUT2D eigenvalue weighted by atomic mass is 9.98. The molecule has 0 radical (unpaired) electrons. The molecular formula is C19H26FN3O2. The first-order chi connectivity index (χ1) is 12.2. The summed E-state index contributed by atoms with van der Waals surface area (Å²) in [6, 6.07) is 7.23. The Morgan fingerprint density at radius 1 is 1.24 bits per heavy atom. The van der Waals surface area contributed by atoms with E-state index in [0.717, 1.165) is 18.4 Å². The minimum atomic E-state index is -0.452. The van der Waals surface area contributed by atoms with Crippen LogP contribution in [-0.4, -0.2) is 55.2 Å². The highest BCUT2D eigenvalue weighted by Crippen LogP contribution is 2.28. The second kappa shape index (κ2) is 7.40. The maximum Gasteiger partial charge on any atom is 0.242 e. The first kappa shape index (κ1) is 16.9. The zero-order valence-electron chi connectivity index (χ0n) is 14.4. The van der Waals surface area contributed by atoms with Gasteiger partial charge >= 0.3 is 0 Å². The van der Waals surface area contributed by atoms with E-state index in [4.69, 9.17) is 4.74 Å². The van der Waals surface area contributed by atoms with Crippen LogP contribution in [-0.2, 0) is 9.53 Å². The highest BCUT2D eigenvalue weighted by molar-refractivity contribution is 5.83. The smallest absolute Gasteiger partial charge is 0.242 e. The van der Waals surface area contributed by atoms with Gasteiger partial charge in [0.2, 0.25) is 5.91 Å². The average Bonchev–Trinajstić information content (AvgIpc) is 2.95. The summed E-state index contributed by atoms with van der Waals surface area (Å²) < 4.78 is 19.2. The third kappa shape index (κ3) is 3.86. The van der Waals surface area contributed by atoms with Crippen LogP contribution >= 0.6 is 0 Å². The van der Waals surface area contributed by atoms with E-state index in [0.29, 0.717) is 38.4 Å². The molecule has 1 aromatic carbocycles. The van der Waals surface area contributed by atoms with Crippen molar-refractivity contribution in [1.82, 2.24) is 15.5 Å². The summed E-state index contributed by atoms with van der Waals surface area (Å²) in [7, 11) is 0. The number of fused-ring (bicyclic) bond motifs is 2. The fourth-order valence-corrected chi connectivity index (χ4v) is 4.50. The van der Waals surface area contributed by atoms with Crippen LogP contribution in [0.3, 0.4) is 0 Å². The fraction of sp³-hybridized carbons (Fsp3) is 0.632. The van der Waals surface area contributed by atoms with Crippen LogP contribution < -0.4 is 10.6 Å². The van der Waals surface area contributed by atoms with Crippen molar-refractivity contribution in [1.29, 1.82) is 0 Å². The first-order valence-corrected chi connectivity index (χ1v) is 9.33. The van der Waals surface area contributed by atoms with E-state index in [9.17, 15) is 9.18 Å². The summed E-state index contributed by atoms with van der Waals surface area (Å²) in [5.41, 5.74) is 0.719. The Balaban J connectivity index is 1.51. The molecule has 0 saturated carbocycles. The van der Waals surface area contributed by atoms with Gasteiger partial charge in [0.15, 0.2) is 0 Å². The highest BCUT2D eigenvalue weighted by atomic mass is 19.1. The zero-order chi connectivity index (χ0) is 17.2. The minimum absolute atomic E-state index is 0.0150. The first-order valence-electron chi connectivity index (χ1n) is 9.33. The van der Waals surface area contributed by atoms with Gasteiger partial charge in [0.1, 0.15) is 11.9 Å². The van der Waals surface area contributed by atoms with Crippen LogP contribution in [0.15, 0.2) is 24.3 Å². The summed E-state index contributed by atoms with van der Waals surface area (Å²) in [6.07, 6.45) is 4.38. The van der Waals surface area contributed by atoms with Crippen LogP contribution in [0, 0.1) is 5.82 Å². The molecule has 5 nitrogen and oxygen atoms in total. The van der Waals surface area contributed by atoms with Crippen molar-refractivity contribution in [2.24, 2.45) is 0 Å². The van der Waals surface area contributed by atoms with E-state index in [-0.39, 0.29) is 17.8 Å². The number of morpholine rings is 1. The standard InChI is InChI=1S/C19H26FN3O2/c20-14-3-1-2-13(10-14)18(23-6-8-25-9-7-23)19(24)22-17-11-15-4-5-16(12-17)21-15/h1-3,10,15-18,21H,4-9,11-12H2,(H,22,24). The zero-order valence-corrected chi connectivity index (χ0v) is 14.4. The van der Waals surface area contributed by atoms with Gasteiger partial charge in [-0.3, -0.25) is 9.69 Å². The Morgan fingerprint density at radius 2 is 1.96 bits per heavy atom. The van der Waals surface area contributed by atoms with E-state index in [1.165, 1.54) is 25.0 Å². The molecule has 0 aromatic heterocycles. The Hall–Kier alpha value is -1.50. The number of piperidine rings is 1. The van der Waals surface area contributed by atoms with Gasteiger partial charge in [0, 0.05) is 31.2 Å². The Bertz CT molecular complexity index is 608. The van der Waals surface area contributed by atoms with Gasteiger partial charge in [-0.1, -0.05) is 12.1 Å². The minimum Gasteiger partial charge on any atom is -0.379 e. The molecule has 3 aliphatic heterocycles. The molecule has 2 bridgehead atoms. The predicted molar refractivity (Wildman–Crippen MR) is 92.6 cm³/mol. The molecule has 2 N–H and O–H groups in total. The molecule has 3 atom stereocenters. The van der Waals surface area contributed by atoms with Gasteiger partial charge in [0.25, 0.3) is 0 Å². The van der Waals surface area contributed by atoms with Crippen LogP contribution in [0.1, 0.15) is 37.3 Å². The lowest BCUT2D eigenvalue weighted by Crippen LogP contribution is -2.52. The quantitative estimate of drug-likeness (QED) is 0.869. The lowest BCUT2D eigenvalue weighted by molar-refractivity contribution is -0.129. The largest absolute Gasteiger partial charge is 0.379 e. The summed E-state index contributed by atoms with van der Waals surface area (Å²) in [5, 5.41) is 6.85. The van der Waals surface area contributed by atoms with Crippen LogP contribution in [0.5, 0.6) is 0 Å². The van der Waals surface area contributed by atoms with Crippen molar-refractivity contribution in [2.75, 3.05) is 26.3 Å². The molecule has 3 fully saturated rings. The maximum atomic E-state index is 13.7. The Kier molecular flexibility index (Phi) is 5.01. The molecule has 136 valence electrons. The normalized spacial score (nSPS) is 30.8. The third-order valence-corrected chi connectivity index (χ3v) is 5.64. The number of amides is 1. The number of hydrogen-bond donors (Lipinski definition) is 2. The molecule has 3 aliphatic rings. The Morgan fingerprint density at radius 3 is 2.64 bits per heavy atom. The Labute approximate surface area is 147 Å². The van der Waals surface area contributed by atoms with Gasteiger partial charge in [0.05, 0.1) is 13.2 Å². The number of rotatable bonds is 4. The third-order valence-electron chi connectivity index (χ3n) is 5.64. The molecule has 6 heteroatoms. The molecule has 0 aliphatic carbocycles. The number of hydrogen-bond acceptors (Lipinski definition) is 4. The molecule has 3 unspecified atom stereocenters. The molecule has 3 heterocycles. The van der Waals surface area contributed by atoms with E-state index >= 15 is 0 Å². The summed E-state index contributed by atoms with van der Waals surface area (Å²) in [5.74, 6) is -0.317. The number of ether oxygens (including phenoxy) is 1. The topological polar surface area (TPSA) is 53.6 Å². The van der Waals surface area contributed by atoms with E-state index in [2.05, 4.69) is 15.5 Å². The monoisotopic (exact) mass is 347 g/mol. The molecular weight excluding hydrogens is 321 g/mol. The van der Waals surface area contributed by atoms with Crippen molar-refractivity contribution >= 4 is 5.91 Å². The second-order valence-electron chi connectivity index (χ2n) is 7.42. The predicted octanol–water partition coefficient (Wildman–Crippen LogP) is 1.60. The van der Waals surface area contributed by atoms with Gasteiger partial charge in [-0.05, 0) is 43.4 Å². The summed E-state index contributed by atoms with van der Waals surface area (Å²) in [6.45, 7) is 2.59. The van der Waals surface area contributed by atoms with Crippen molar-refractivity contribution in [3.63, 3.8) is 0 Å². The SMILES string of the molecule is O=C(NC1CC2CCC(C1)N2)C(c1cccc(F)c1)N1CCOCC1. The second-order valence-corrected chi connectivity index (χ2v) is 7.42. The summed E-state index contributed by atoms with van der Waals surface area (Å²) >= 11 is 0. The number of carbonyl (C=O) groups excluding carboxylic acids is 1. The highest BCUT2D eigenvalue weighted by Gasteiger charge is 2.36. The van der Waals surface area contributed by atoms with Crippen molar-refractivity contribution in [3.8, 4) is 0 Å². The molecule has 0 spiro atoms. The molecule has 3 saturated heterocycles. The van der Waals surface area contributed by atoms with E-state index < -0.39 is 6.04 Å². The van der Waals surface area contributed by atoms with Crippen molar-refractivity contribution in [2.45, 2.75) is 49.9 Å². The van der Waals surface area contributed by atoms with Crippen LogP contribution in [0.2, 0.25) is 0 Å². The number of halogens is 1.